The third kappa shape index (κ3) is 1.93. The molecule has 3 rings (SSSR count). The molecule has 100 valence electrons. The number of carbonyl (C=O) groups excluding carboxylic acids is 1. The van der Waals surface area contributed by atoms with Gasteiger partial charge < -0.3 is 9.26 Å². The molecule has 5 nitrogen and oxygen atoms in total. The van der Waals surface area contributed by atoms with Crippen LogP contribution in [0.15, 0.2) is 41.1 Å². The van der Waals surface area contributed by atoms with Crippen molar-refractivity contribution in [1.29, 1.82) is 0 Å². The number of pyridine rings is 1. The van der Waals surface area contributed by atoms with Gasteiger partial charge in [-0.2, -0.15) is 0 Å². The number of esters is 1. The Morgan fingerprint density at radius 1 is 1.30 bits per heavy atom. The molecule has 3 aromatic rings. The van der Waals surface area contributed by atoms with Crippen LogP contribution in [-0.2, 0) is 4.74 Å². The van der Waals surface area contributed by atoms with Crippen LogP contribution in [-0.4, -0.2) is 23.2 Å². The molecular weight excluding hydrogens is 256 g/mol. The molecule has 0 amide bonds. The van der Waals surface area contributed by atoms with Crippen LogP contribution in [0.4, 0.5) is 0 Å². The predicted octanol–water partition coefficient (Wildman–Crippen LogP) is 2.98. The molecule has 5 heteroatoms. The standard InChI is InChI=1S/C15H12N2O3/c1-9-13(15(18)19-2)14(17-20-9)11-7-10-5-3-4-6-12(10)16-8-11/h3-8H,1-2H3. The summed E-state index contributed by atoms with van der Waals surface area (Å²) in [5, 5.41) is 4.92. The maximum atomic E-state index is 11.8. The summed E-state index contributed by atoms with van der Waals surface area (Å²) in [6, 6.07) is 9.66. The van der Waals surface area contributed by atoms with Crippen molar-refractivity contribution < 1.29 is 14.1 Å². The number of methoxy groups -OCH3 is 1. The fourth-order valence-corrected chi connectivity index (χ4v) is 2.11. The molecule has 0 spiro atoms. The van der Waals surface area contributed by atoms with Crippen molar-refractivity contribution in [3.8, 4) is 11.3 Å². The maximum Gasteiger partial charge on any atom is 0.343 e. The monoisotopic (exact) mass is 268 g/mol. The van der Waals surface area contributed by atoms with E-state index in [1.807, 2.05) is 30.3 Å². The van der Waals surface area contributed by atoms with Crippen molar-refractivity contribution in [2.45, 2.75) is 6.92 Å². The van der Waals surface area contributed by atoms with Crippen molar-refractivity contribution in [3.63, 3.8) is 0 Å². The first kappa shape index (κ1) is 12.3. The second-order valence-corrected chi connectivity index (χ2v) is 4.37. The van der Waals surface area contributed by atoms with Crippen LogP contribution in [0.25, 0.3) is 22.2 Å². The third-order valence-corrected chi connectivity index (χ3v) is 3.12. The van der Waals surface area contributed by atoms with Crippen molar-refractivity contribution in [2.24, 2.45) is 0 Å². The first-order chi connectivity index (χ1) is 9.70. The van der Waals surface area contributed by atoms with Gasteiger partial charge in [-0.1, -0.05) is 23.4 Å². The molecule has 0 radical (unpaired) electrons. The Kier molecular flexibility index (Phi) is 2.95. The molecule has 0 N–H and O–H groups in total. The van der Waals surface area contributed by atoms with Crippen LogP contribution in [0.1, 0.15) is 16.1 Å². The lowest BCUT2D eigenvalue weighted by Crippen LogP contribution is -2.03. The zero-order chi connectivity index (χ0) is 14.1. The van der Waals surface area contributed by atoms with Crippen LogP contribution in [0.5, 0.6) is 0 Å². The minimum Gasteiger partial charge on any atom is -0.465 e. The zero-order valence-electron chi connectivity index (χ0n) is 11.1. The number of aryl methyl sites for hydroxylation is 1. The molecule has 2 aromatic heterocycles. The van der Waals surface area contributed by atoms with Gasteiger partial charge in [-0.15, -0.1) is 0 Å². The number of nitrogens with zero attached hydrogens (tertiary/aromatic N) is 2. The zero-order valence-corrected chi connectivity index (χ0v) is 11.1. The van der Waals surface area contributed by atoms with Crippen molar-refractivity contribution in [2.75, 3.05) is 7.11 Å². The molecule has 0 unspecified atom stereocenters. The Morgan fingerprint density at radius 2 is 2.10 bits per heavy atom. The number of hydrogen-bond donors (Lipinski definition) is 0. The van der Waals surface area contributed by atoms with Gasteiger partial charge in [0.15, 0.2) is 0 Å². The van der Waals surface area contributed by atoms with Gasteiger partial charge >= 0.3 is 5.97 Å². The average Bonchev–Trinajstić information content (AvgIpc) is 2.87. The molecule has 0 aliphatic rings. The molecule has 0 aliphatic carbocycles. The Labute approximate surface area is 115 Å². The van der Waals surface area contributed by atoms with Gasteiger partial charge in [-0.25, -0.2) is 4.79 Å². The molecule has 0 fully saturated rings. The number of rotatable bonds is 2. The highest BCUT2D eigenvalue weighted by Crippen LogP contribution is 2.27. The first-order valence-corrected chi connectivity index (χ1v) is 6.10. The second-order valence-electron chi connectivity index (χ2n) is 4.37. The fourth-order valence-electron chi connectivity index (χ4n) is 2.11. The Morgan fingerprint density at radius 3 is 2.90 bits per heavy atom. The SMILES string of the molecule is COC(=O)c1c(-c2cnc3ccccc3c2)noc1C. The highest BCUT2D eigenvalue weighted by molar-refractivity contribution is 5.97. The summed E-state index contributed by atoms with van der Waals surface area (Å²) in [5.41, 5.74) is 2.40. The van der Waals surface area contributed by atoms with E-state index in [0.717, 1.165) is 16.5 Å². The predicted molar refractivity (Wildman–Crippen MR) is 73.3 cm³/mol. The molecule has 20 heavy (non-hydrogen) atoms. The van der Waals surface area contributed by atoms with Gasteiger partial charge in [0.05, 0.1) is 12.6 Å². The summed E-state index contributed by atoms with van der Waals surface area (Å²) >= 11 is 0. The molecule has 0 aliphatic heterocycles. The van der Waals surface area contributed by atoms with E-state index in [4.69, 9.17) is 9.26 Å². The molecule has 1 aromatic carbocycles. The summed E-state index contributed by atoms with van der Waals surface area (Å²) in [6.45, 7) is 1.68. The lowest BCUT2D eigenvalue weighted by molar-refractivity contribution is 0.0599. The van der Waals surface area contributed by atoms with E-state index in [1.165, 1.54) is 7.11 Å². The van der Waals surface area contributed by atoms with E-state index < -0.39 is 5.97 Å². The van der Waals surface area contributed by atoms with Crippen molar-refractivity contribution >= 4 is 16.9 Å². The van der Waals surface area contributed by atoms with Crippen LogP contribution < -0.4 is 0 Å². The summed E-state index contributed by atoms with van der Waals surface area (Å²) in [5.74, 6) is -0.0353. The molecule has 0 saturated heterocycles. The number of benzene rings is 1. The maximum absolute atomic E-state index is 11.8. The van der Waals surface area contributed by atoms with Gasteiger partial charge in [0.1, 0.15) is 17.0 Å². The largest absolute Gasteiger partial charge is 0.465 e. The molecule has 2 heterocycles. The summed E-state index contributed by atoms with van der Waals surface area (Å²) in [6.07, 6.45) is 1.67. The van der Waals surface area contributed by atoms with Gasteiger partial charge in [-0.3, -0.25) is 4.98 Å². The first-order valence-electron chi connectivity index (χ1n) is 6.10. The van der Waals surface area contributed by atoms with Crippen LogP contribution in [0.2, 0.25) is 0 Å². The Bertz CT molecular complexity index is 793. The smallest absolute Gasteiger partial charge is 0.343 e. The number of carbonyl (C=O) groups is 1. The van der Waals surface area contributed by atoms with E-state index in [1.54, 1.807) is 13.1 Å². The molecule has 0 saturated carbocycles. The van der Waals surface area contributed by atoms with Gasteiger partial charge in [0, 0.05) is 17.1 Å². The summed E-state index contributed by atoms with van der Waals surface area (Å²) < 4.78 is 9.87. The minimum absolute atomic E-state index is 0.338. The molecule has 0 atom stereocenters. The molecular formula is C15H12N2O3. The third-order valence-electron chi connectivity index (χ3n) is 3.12. The Hall–Kier alpha value is -2.69. The number of para-hydroxylation sites is 1. The Balaban J connectivity index is 2.18. The molecule has 0 bridgehead atoms. The van der Waals surface area contributed by atoms with Crippen LogP contribution in [0.3, 0.4) is 0 Å². The topological polar surface area (TPSA) is 65.2 Å². The highest BCUT2D eigenvalue weighted by Gasteiger charge is 2.22. The van der Waals surface area contributed by atoms with Gasteiger partial charge in [0.2, 0.25) is 0 Å². The van der Waals surface area contributed by atoms with Crippen LogP contribution in [0, 0.1) is 6.92 Å². The van der Waals surface area contributed by atoms with E-state index in [-0.39, 0.29) is 0 Å². The number of hydrogen-bond acceptors (Lipinski definition) is 5. The summed E-state index contributed by atoms with van der Waals surface area (Å²) in [4.78, 5) is 16.2. The van der Waals surface area contributed by atoms with Crippen LogP contribution >= 0.6 is 0 Å². The van der Waals surface area contributed by atoms with Crippen molar-refractivity contribution in [1.82, 2.24) is 10.1 Å². The number of aromatic nitrogens is 2. The normalized spacial score (nSPS) is 10.7. The van der Waals surface area contributed by atoms with Gasteiger partial charge in [-0.05, 0) is 19.1 Å². The van der Waals surface area contributed by atoms with Gasteiger partial charge in [0.25, 0.3) is 0 Å². The minimum atomic E-state index is -0.466. The lowest BCUT2D eigenvalue weighted by Gasteiger charge is -2.02. The second kappa shape index (κ2) is 4.77. The highest BCUT2D eigenvalue weighted by atomic mass is 16.5. The lowest BCUT2D eigenvalue weighted by atomic mass is 10.1. The summed E-state index contributed by atoms with van der Waals surface area (Å²) in [7, 11) is 1.33. The van der Waals surface area contributed by atoms with E-state index in [9.17, 15) is 4.79 Å². The van der Waals surface area contributed by atoms with E-state index >= 15 is 0 Å². The quantitative estimate of drug-likeness (QED) is 0.668. The number of ether oxygens (including phenoxy) is 1. The van der Waals surface area contributed by atoms with E-state index in [0.29, 0.717) is 17.0 Å². The average molecular weight is 268 g/mol. The van der Waals surface area contributed by atoms with E-state index in [2.05, 4.69) is 10.1 Å². The van der Waals surface area contributed by atoms with Crippen molar-refractivity contribution in [3.05, 3.63) is 47.9 Å². The fraction of sp³-hybridized carbons (Fsp3) is 0.133. The number of fused-ring (bicyclic) bond motifs is 1.